The SMILES string of the molecule is CCOc1c(OC)cc(CNc2ncccc2F)cc1OC. The van der Waals surface area contributed by atoms with Gasteiger partial charge < -0.3 is 19.5 Å². The van der Waals surface area contributed by atoms with Gasteiger partial charge in [0.1, 0.15) is 0 Å². The molecule has 0 aliphatic carbocycles. The third-order valence-corrected chi connectivity index (χ3v) is 3.03. The molecule has 0 fully saturated rings. The fourth-order valence-corrected chi connectivity index (χ4v) is 2.02. The molecule has 1 aromatic carbocycles. The maximum Gasteiger partial charge on any atom is 0.203 e. The zero-order chi connectivity index (χ0) is 15.9. The topological polar surface area (TPSA) is 52.6 Å². The lowest BCUT2D eigenvalue weighted by Crippen LogP contribution is -2.05. The molecule has 0 saturated carbocycles. The van der Waals surface area contributed by atoms with E-state index >= 15 is 0 Å². The van der Waals surface area contributed by atoms with E-state index in [2.05, 4.69) is 10.3 Å². The third kappa shape index (κ3) is 3.58. The van der Waals surface area contributed by atoms with Gasteiger partial charge in [-0.2, -0.15) is 0 Å². The summed E-state index contributed by atoms with van der Waals surface area (Å²) in [6, 6.07) is 6.54. The molecule has 1 N–H and O–H groups in total. The average Bonchev–Trinajstić information content (AvgIpc) is 2.55. The molecular formula is C16H19FN2O3. The van der Waals surface area contributed by atoms with E-state index in [1.54, 1.807) is 20.3 Å². The fraction of sp³-hybridized carbons (Fsp3) is 0.312. The van der Waals surface area contributed by atoms with Gasteiger partial charge in [-0.15, -0.1) is 0 Å². The van der Waals surface area contributed by atoms with Crippen molar-refractivity contribution in [1.82, 2.24) is 4.98 Å². The van der Waals surface area contributed by atoms with Gasteiger partial charge in [0, 0.05) is 12.7 Å². The van der Waals surface area contributed by atoms with Gasteiger partial charge in [-0.25, -0.2) is 9.37 Å². The Morgan fingerprint density at radius 3 is 2.41 bits per heavy atom. The lowest BCUT2D eigenvalue weighted by molar-refractivity contribution is 0.288. The van der Waals surface area contributed by atoms with Crippen molar-refractivity contribution in [3.05, 3.63) is 41.8 Å². The molecule has 0 aliphatic rings. The molecule has 5 nitrogen and oxygen atoms in total. The van der Waals surface area contributed by atoms with Crippen molar-refractivity contribution < 1.29 is 18.6 Å². The van der Waals surface area contributed by atoms with Crippen molar-refractivity contribution in [2.45, 2.75) is 13.5 Å². The molecule has 6 heteroatoms. The number of pyridine rings is 1. The number of aromatic nitrogens is 1. The van der Waals surface area contributed by atoms with Gasteiger partial charge >= 0.3 is 0 Å². The number of halogens is 1. The van der Waals surface area contributed by atoms with Gasteiger partial charge in [0.05, 0.1) is 20.8 Å². The predicted octanol–water partition coefficient (Wildman–Crippen LogP) is 3.25. The van der Waals surface area contributed by atoms with Crippen LogP contribution in [0.5, 0.6) is 17.2 Å². The summed E-state index contributed by atoms with van der Waals surface area (Å²) in [6.07, 6.45) is 1.53. The molecule has 22 heavy (non-hydrogen) atoms. The van der Waals surface area contributed by atoms with Crippen molar-refractivity contribution in [3.63, 3.8) is 0 Å². The summed E-state index contributed by atoms with van der Waals surface area (Å²) in [4.78, 5) is 3.95. The maximum absolute atomic E-state index is 13.6. The molecule has 0 amide bonds. The minimum Gasteiger partial charge on any atom is -0.493 e. The Labute approximate surface area is 129 Å². The second-order valence-corrected chi connectivity index (χ2v) is 4.45. The molecule has 0 bridgehead atoms. The fourth-order valence-electron chi connectivity index (χ4n) is 2.02. The number of ether oxygens (including phenoxy) is 3. The predicted molar refractivity (Wildman–Crippen MR) is 82.2 cm³/mol. The van der Waals surface area contributed by atoms with Crippen molar-refractivity contribution >= 4 is 5.82 Å². The van der Waals surface area contributed by atoms with Gasteiger partial charge in [-0.1, -0.05) is 0 Å². The van der Waals surface area contributed by atoms with Crippen LogP contribution in [0.3, 0.4) is 0 Å². The molecule has 2 rings (SSSR count). The summed E-state index contributed by atoms with van der Waals surface area (Å²) in [7, 11) is 3.12. The first kappa shape index (κ1) is 15.9. The molecule has 0 spiro atoms. The van der Waals surface area contributed by atoms with Crippen LogP contribution in [0.4, 0.5) is 10.2 Å². The van der Waals surface area contributed by atoms with E-state index in [1.807, 2.05) is 19.1 Å². The summed E-state index contributed by atoms with van der Waals surface area (Å²) >= 11 is 0. The first-order valence-electron chi connectivity index (χ1n) is 6.91. The van der Waals surface area contributed by atoms with Gasteiger partial charge in [0.15, 0.2) is 23.1 Å². The van der Waals surface area contributed by atoms with Gasteiger partial charge in [0.25, 0.3) is 0 Å². The molecule has 1 heterocycles. The molecule has 0 saturated heterocycles. The highest BCUT2D eigenvalue weighted by Crippen LogP contribution is 2.38. The van der Waals surface area contributed by atoms with Gasteiger partial charge in [-0.3, -0.25) is 0 Å². The standard InChI is InChI=1S/C16H19FN2O3/c1-4-22-15-13(20-2)8-11(9-14(15)21-3)10-19-16-12(17)6-5-7-18-16/h5-9H,4,10H2,1-3H3,(H,18,19). The normalized spacial score (nSPS) is 10.2. The molecular weight excluding hydrogens is 287 g/mol. The summed E-state index contributed by atoms with van der Waals surface area (Å²) in [5, 5.41) is 2.95. The van der Waals surface area contributed by atoms with Gasteiger partial charge in [0.2, 0.25) is 5.75 Å². The number of hydrogen-bond acceptors (Lipinski definition) is 5. The van der Waals surface area contributed by atoms with E-state index in [-0.39, 0.29) is 5.82 Å². The molecule has 0 radical (unpaired) electrons. The summed E-state index contributed by atoms with van der Waals surface area (Å²) in [5.74, 6) is 1.50. The van der Waals surface area contributed by atoms with Crippen LogP contribution in [0.1, 0.15) is 12.5 Å². The summed E-state index contributed by atoms with van der Waals surface area (Å²) < 4.78 is 29.8. The van der Waals surface area contributed by atoms with Crippen LogP contribution in [-0.4, -0.2) is 25.8 Å². The van der Waals surface area contributed by atoms with E-state index < -0.39 is 5.82 Å². The van der Waals surface area contributed by atoms with Crippen molar-refractivity contribution in [1.29, 1.82) is 0 Å². The molecule has 2 aromatic rings. The molecule has 0 atom stereocenters. The Morgan fingerprint density at radius 2 is 1.86 bits per heavy atom. The Balaban J connectivity index is 2.22. The highest BCUT2D eigenvalue weighted by atomic mass is 19.1. The minimum absolute atomic E-state index is 0.203. The first-order valence-corrected chi connectivity index (χ1v) is 6.91. The zero-order valence-corrected chi connectivity index (χ0v) is 12.9. The van der Waals surface area contributed by atoms with Gasteiger partial charge in [-0.05, 0) is 36.8 Å². The monoisotopic (exact) mass is 306 g/mol. The number of rotatable bonds is 7. The van der Waals surface area contributed by atoms with Crippen molar-refractivity contribution in [2.75, 3.05) is 26.1 Å². The smallest absolute Gasteiger partial charge is 0.203 e. The molecule has 0 aliphatic heterocycles. The van der Waals surface area contributed by atoms with Crippen LogP contribution < -0.4 is 19.5 Å². The minimum atomic E-state index is -0.396. The van der Waals surface area contributed by atoms with Crippen LogP contribution in [0.15, 0.2) is 30.5 Å². The molecule has 0 unspecified atom stereocenters. The Hall–Kier alpha value is -2.50. The lowest BCUT2D eigenvalue weighted by atomic mass is 10.1. The quantitative estimate of drug-likeness (QED) is 0.851. The number of nitrogens with zero attached hydrogens (tertiary/aromatic N) is 1. The van der Waals surface area contributed by atoms with E-state index in [9.17, 15) is 4.39 Å². The van der Waals surface area contributed by atoms with Crippen LogP contribution >= 0.6 is 0 Å². The van der Waals surface area contributed by atoms with Crippen LogP contribution in [0.25, 0.3) is 0 Å². The first-order chi connectivity index (χ1) is 10.7. The molecule has 118 valence electrons. The van der Waals surface area contributed by atoms with Crippen LogP contribution in [0, 0.1) is 5.82 Å². The number of benzene rings is 1. The second-order valence-electron chi connectivity index (χ2n) is 4.45. The van der Waals surface area contributed by atoms with Crippen LogP contribution in [-0.2, 0) is 6.54 Å². The average molecular weight is 306 g/mol. The summed E-state index contributed by atoms with van der Waals surface area (Å²) in [6.45, 7) is 2.77. The Morgan fingerprint density at radius 1 is 1.18 bits per heavy atom. The van der Waals surface area contributed by atoms with E-state index in [4.69, 9.17) is 14.2 Å². The molecule has 1 aromatic heterocycles. The van der Waals surface area contributed by atoms with Crippen molar-refractivity contribution in [3.8, 4) is 17.2 Å². The zero-order valence-electron chi connectivity index (χ0n) is 12.9. The van der Waals surface area contributed by atoms with Crippen molar-refractivity contribution in [2.24, 2.45) is 0 Å². The highest BCUT2D eigenvalue weighted by Gasteiger charge is 2.14. The Kier molecular flexibility index (Phi) is 5.41. The van der Waals surface area contributed by atoms with E-state index in [0.717, 1.165) is 5.56 Å². The maximum atomic E-state index is 13.6. The summed E-state index contributed by atoms with van der Waals surface area (Å²) in [5.41, 5.74) is 0.863. The largest absolute Gasteiger partial charge is 0.493 e. The number of methoxy groups -OCH3 is 2. The van der Waals surface area contributed by atoms with E-state index in [1.165, 1.54) is 12.3 Å². The number of hydrogen-bond donors (Lipinski definition) is 1. The number of nitrogens with one attached hydrogen (secondary N) is 1. The van der Waals surface area contributed by atoms with E-state index in [0.29, 0.717) is 30.4 Å². The number of anilines is 1. The highest BCUT2D eigenvalue weighted by molar-refractivity contribution is 5.54. The Bertz CT molecular complexity index is 610. The second kappa shape index (κ2) is 7.49. The lowest BCUT2D eigenvalue weighted by Gasteiger charge is -2.15. The van der Waals surface area contributed by atoms with Crippen LogP contribution in [0.2, 0.25) is 0 Å². The third-order valence-electron chi connectivity index (χ3n) is 3.03.